The summed E-state index contributed by atoms with van der Waals surface area (Å²) in [5, 5.41) is 3.07. The largest absolute Gasteiger partial charge is 0.493 e. The fourth-order valence-corrected chi connectivity index (χ4v) is 3.95. The fourth-order valence-electron chi connectivity index (χ4n) is 3.75. The first-order valence-electron chi connectivity index (χ1n) is 10.9. The molecule has 0 radical (unpaired) electrons. The average molecular weight is 483 g/mol. The molecule has 34 heavy (non-hydrogen) atoms. The summed E-state index contributed by atoms with van der Waals surface area (Å²) in [6.07, 6.45) is 1.60. The average Bonchev–Trinajstić information content (AvgIpc) is 2.86. The van der Waals surface area contributed by atoms with Crippen LogP contribution in [0.5, 0.6) is 5.75 Å². The third-order valence-corrected chi connectivity index (χ3v) is 5.82. The smallest absolute Gasteiger partial charge is 0.259 e. The Kier molecular flexibility index (Phi) is 7.27. The molecular formula is C25H24ClFN4O3. The van der Waals surface area contributed by atoms with E-state index in [2.05, 4.69) is 10.3 Å². The highest BCUT2D eigenvalue weighted by atomic mass is 35.5. The number of carbonyl (C=O) groups is 2. The minimum Gasteiger partial charge on any atom is -0.493 e. The van der Waals surface area contributed by atoms with Crippen LogP contribution in [0.15, 0.2) is 60.8 Å². The molecule has 9 heteroatoms. The highest BCUT2D eigenvalue weighted by Crippen LogP contribution is 2.23. The van der Waals surface area contributed by atoms with Crippen LogP contribution in [0, 0.1) is 5.82 Å². The van der Waals surface area contributed by atoms with Gasteiger partial charge in [0.05, 0.1) is 34.6 Å². The number of nitrogens with one attached hydrogen (secondary N) is 1. The fraction of sp³-hybridized carbons (Fsp3) is 0.240. The Morgan fingerprint density at radius 1 is 1.06 bits per heavy atom. The van der Waals surface area contributed by atoms with E-state index in [1.54, 1.807) is 35.4 Å². The van der Waals surface area contributed by atoms with Gasteiger partial charge in [-0.3, -0.25) is 9.59 Å². The first kappa shape index (κ1) is 23.5. The number of amides is 2. The molecule has 0 spiro atoms. The first-order valence-corrected chi connectivity index (χ1v) is 11.3. The number of carbonyl (C=O) groups excluding carboxylic acids is 2. The van der Waals surface area contributed by atoms with E-state index < -0.39 is 5.82 Å². The number of hydrogen-bond donors (Lipinski definition) is 1. The third kappa shape index (κ3) is 5.28. The molecule has 0 bridgehead atoms. The van der Waals surface area contributed by atoms with Crippen molar-refractivity contribution in [1.82, 2.24) is 9.88 Å². The van der Waals surface area contributed by atoms with Gasteiger partial charge in [-0.2, -0.15) is 0 Å². The lowest BCUT2D eigenvalue weighted by atomic mass is 10.1. The second kappa shape index (κ2) is 10.5. The summed E-state index contributed by atoms with van der Waals surface area (Å²) in [7, 11) is 0. The number of aromatic nitrogens is 1. The zero-order chi connectivity index (χ0) is 24.1. The van der Waals surface area contributed by atoms with Gasteiger partial charge in [0.2, 0.25) is 0 Å². The molecule has 2 aromatic carbocycles. The zero-order valence-electron chi connectivity index (χ0n) is 18.6. The van der Waals surface area contributed by atoms with Gasteiger partial charge >= 0.3 is 0 Å². The summed E-state index contributed by atoms with van der Waals surface area (Å²) in [5.74, 6) is 0.205. The van der Waals surface area contributed by atoms with E-state index in [4.69, 9.17) is 16.3 Å². The number of rotatable bonds is 6. The Morgan fingerprint density at radius 3 is 2.53 bits per heavy atom. The summed E-state index contributed by atoms with van der Waals surface area (Å²) in [6, 6.07) is 14.5. The van der Waals surface area contributed by atoms with Crippen molar-refractivity contribution >= 4 is 34.9 Å². The van der Waals surface area contributed by atoms with E-state index in [0.717, 1.165) is 5.82 Å². The molecule has 0 saturated carbocycles. The SMILES string of the molecule is CCOc1ccccc1C(=O)Nc1ccc(N2CCN(C(=O)c3cc(F)ccc3Cl)CC2)nc1. The second-order valence-electron chi connectivity index (χ2n) is 7.69. The number of para-hydroxylation sites is 1. The van der Waals surface area contributed by atoms with Crippen LogP contribution in [-0.4, -0.2) is 54.5 Å². The van der Waals surface area contributed by atoms with Crippen molar-refractivity contribution in [2.45, 2.75) is 6.92 Å². The van der Waals surface area contributed by atoms with E-state index in [1.165, 1.54) is 18.2 Å². The van der Waals surface area contributed by atoms with Gasteiger partial charge < -0.3 is 19.9 Å². The minimum atomic E-state index is -0.496. The highest BCUT2D eigenvalue weighted by Gasteiger charge is 2.24. The second-order valence-corrected chi connectivity index (χ2v) is 8.10. The third-order valence-electron chi connectivity index (χ3n) is 5.49. The molecule has 4 rings (SSSR count). The Labute approximate surface area is 202 Å². The predicted octanol–water partition coefficient (Wildman–Crippen LogP) is 4.49. The zero-order valence-corrected chi connectivity index (χ0v) is 19.4. The maximum atomic E-state index is 13.5. The summed E-state index contributed by atoms with van der Waals surface area (Å²) < 4.78 is 19.1. The summed E-state index contributed by atoms with van der Waals surface area (Å²) in [4.78, 5) is 33.6. The minimum absolute atomic E-state index is 0.166. The van der Waals surface area contributed by atoms with Crippen LogP contribution in [0.1, 0.15) is 27.6 Å². The number of pyridine rings is 1. The van der Waals surface area contributed by atoms with E-state index >= 15 is 0 Å². The standard InChI is InChI=1S/C25H24ClFN4O3/c1-2-34-22-6-4-3-5-19(22)24(32)29-18-8-10-23(28-16-18)30-11-13-31(14-12-30)25(33)20-15-17(27)7-9-21(20)26/h3-10,15-16H,2,11-14H2,1H3,(H,29,32). The summed E-state index contributed by atoms with van der Waals surface area (Å²) in [5.41, 5.74) is 1.18. The summed E-state index contributed by atoms with van der Waals surface area (Å²) in [6.45, 7) is 4.39. The molecule has 176 valence electrons. The molecule has 1 aliphatic heterocycles. The van der Waals surface area contributed by atoms with Crippen LogP contribution >= 0.6 is 11.6 Å². The van der Waals surface area contributed by atoms with Gasteiger partial charge in [0.15, 0.2) is 0 Å². The van der Waals surface area contributed by atoms with Gasteiger partial charge in [-0.25, -0.2) is 9.37 Å². The molecule has 1 fully saturated rings. The van der Waals surface area contributed by atoms with Crippen LogP contribution < -0.4 is 15.0 Å². The molecule has 3 aromatic rings. The number of benzene rings is 2. The lowest BCUT2D eigenvalue weighted by molar-refractivity contribution is 0.0746. The van der Waals surface area contributed by atoms with Crippen molar-refractivity contribution in [3.05, 3.63) is 82.8 Å². The van der Waals surface area contributed by atoms with Crippen molar-refractivity contribution in [3.8, 4) is 5.75 Å². The van der Waals surface area contributed by atoms with Crippen LogP contribution in [-0.2, 0) is 0 Å². The predicted molar refractivity (Wildman–Crippen MR) is 129 cm³/mol. The van der Waals surface area contributed by atoms with Crippen molar-refractivity contribution in [2.24, 2.45) is 0 Å². The van der Waals surface area contributed by atoms with Crippen molar-refractivity contribution < 1.29 is 18.7 Å². The van der Waals surface area contributed by atoms with Gasteiger partial charge in [0.25, 0.3) is 11.8 Å². The van der Waals surface area contributed by atoms with Gasteiger partial charge in [-0.15, -0.1) is 0 Å². The van der Waals surface area contributed by atoms with Crippen LogP contribution in [0.4, 0.5) is 15.9 Å². The van der Waals surface area contributed by atoms with Crippen molar-refractivity contribution in [1.29, 1.82) is 0 Å². The van der Waals surface area contributed by atoms with E-state index in [9.17, 15) is 14.0 Å². The number of ether oxygens (including phenoxy) is 1. The van der Waals surface area contributed by atoms with Crippen LogP contribution in [0.25, 0.3) is 0 Å². The lowest BCUT2D eigenvalue weighted by Crippen LogP contribution is -2.49. The van der Waals surface area contributed by atoms with Crippen LogP contribution in [0.3, 0.4) is 0 Å². The molecule has 1 aliphatic rings. The Hall–Kier alpha value is -3.65. The molecular weight excluding hydrogens is 459 g/mol. The first-order chi connectivity index (χ1) is 16.5. The van der Waals surface area contributed by atoms with Gasteiger partial charge in [0, 0.05) is 26.2 Å². The van der Waals surface area contributed by atoms with E-state index in [1.807, 2.05) is 24.0 Å². The maximum absolute atomic E-state index is 13.5. The number of halogens is 2. The number of piperazine rings is 1. The van der Waals surface area contributed by atoms with Crippen molar-refractivity contribution in [2.75, 3.05) is 43.0 Å². The quantitative estimate of drug-likeness (QED) is 0.560. The van der Waals surface area contributed by atoms with Crippen LogP contribution in [0.2, 0.25) is 5.02 Å². The normalized spacial score (nSPS) is 13.5. The molecule has 1 N–H and O–H groups in total. The molecule has 2 heterocycles. The molecule has 0 aliphatic carbocycles. The van der Waals surface area contributed by atoms with E-state index in [-0.39, 0.29) is 22.4 Å². The monoisotopic (exact) mass is 482 g/mol. The highest BCUT2D eigenvalue weighted by molar-refractivity contribution is 6.33. The maximum Gasteiger partial charge on any atom is 0.259 e. The number of anilines is 2. The van der Waals surface area contributed by atoms with E-state index in [0.29, 0.717) is 49.8 Å². The van der Waals surface area contributed by atoms with Gasteiger partial charge in [0.1, 0.15) is 17.4 Å². The Morgan fingerprint density at radius 2 is 1.82 bits per heavy atom. The molecule has 7 nitrogen and oxygen atoms in total. The Balaban J connectivity index is 1.36. The summed E-state index contributed by atoms with van der Waals surface area (Å²) >= 11 is 6.08. The molecule has 1 aromatic heterocycles. The molecule has 2 amide bonds. The number of nitrogens with zero attached hydrogens (tertiary/aromatic N) is 3. The Bertz CT molecular complexity index is 1180. The molecule has 0 unspecified atom stereocenters. The van der Waals surface area contributed by atoms with Crippen molar-refractivity contribution in [3.63, 3.8) is 0 Å². The van der Waals surface area contributed by atoms with Gasteiger partial charge in [-0.05, 0) is 49.4 Å². The molecule has 0 atom stereocenters. The number of hydrogen-bond acceptors (Lipinski definition) is 5. The topological polar surface area (TPSA) is 74.8 Å². The lowest BCUT2D eigenvalue weighted by Gasteiger charge is -2.35. The van der Waals surface area contributed by atoms with Gasteiger partial charge in [-0.1, -0.05) is 23.7 Å². The molecule has 1 saturated heterocycles.